The molecule has 150 valence electrons. The van der Waals surface area contributed by atoms with Crippen molar-refractivity contribution in [2.75, 3.05) is 24.9 Å². The van der Waals surface area contributed by atoms with Gasteiger partial charge in [-0.15, -0.1) is 0 Å². The van der Waals surface area contributed by atoms with Gasteiger partial charge >= 0.3 is 0 Å². The quantitative estimate of drug-likeness (QED) is 0.612. The third kappa shape index (κ3) is 5.35. The molecule has 0 radical (unpaired) electrons. The Morgan fingerprint density at radius 2 is 1.93 bits per heavy atom. The molecule has 0 saturated carbocycles. The highest BCUT2D eigenvalue weighted by atomic mass is 16.5. The van der Waals surface area contributed by atoms with Crippen molar-refractivity contribution in [2.45, 2.75) is 13.0 Å². The van der Waals surface area contributed by atoms with Gasteiger partial charge in [-0.05, 0) is 30.3 Å². The van der Waals surface area contributed by atoms with E-state index in [0.29, 0.717) is 41.4 Å². The molecule has 2 N–H and O–H groups in total. The van der Waals surface area contributed by atoms with Gasteiger partial charge in [0.15, 0.2) is 0 Å². The highest BCUT2D eigenvalue weighted by Crippen LogP contribution is 2.29. The molecule has 0 aliphatic rings. The van der Waals surface area contributed by atoms with E-state index in [0.717, 1.165) is 0 Å². The molecule has 0 saturated heterocycles. The van der Waals surface area contributed by atoms with Crippen LogP contribution >= 0.6 is 0 Å². The molecule has 8 nitrogen and oxygen atoms in total. The number of methoxy groups -OCH3 is 2. The lowest BCUT2D eigenvalue weighted by Gasteiger charge is -2.12. The summed E-state index contributed by atoms with van der Waals surface area (Å²) in [6, 6.07) is 11.9. The number of hydrogen-bond donors (Lipinski definition) is 2. The van der Waals surface area contributed by atoms with Gasteiger partial charge in [0.2, 0.25) is 5.91 Å². The van der Waals surface area contributed by atoms with Crippen molar-refractivity contribution in [3.05, 3.63) is 66.7 Å². The summed E-state index contributed by atoms with van der Waals surface area (Å²) in [4.78, 5) is 28.7. The molecule has 0 bridgehead atoms. The Bertz CT molecular complexity index is 986. The van der Waals surface area contributed by atoms with Gasteiger partial charge in [0.05, 0.1) is 26.2 Å². The van der Waals surface area contributed by atoms with Crippen LogP contribution in [-0.2, 0) is 11.3 Å². The zero-order valence-electron chi connectivity index (χ0n) is 16.2. The summed E-state index contributed by atoms with van der Waals surface area (Å²) in [7, 11) is 3.08. The second-order valence-electron chi connectivity index (χ2n) is 6.20. The van der Waals surface area contributed by atoms with E-state index in [4.69, 9.17) is 9.47 Å². The highest BCUT2D eigenvalue weighted by molar-refractivity contribution is 6.06. The second kappa shape index (κ2) is 9.41. The summed E-state index contributed by atoms with van der Waals surface area (Å²) in [6.45, 7) is 0.531. The maximum Gasteiger partial charge on any atom is 0.255 e. The Hall–Kier alpha value is -3.81. The van der Waals surface area contributed by atoms with Crippen molar-refractivity contribution in [1.82, 2.24) is 9.55 Å². The summed E-state index contributed by atoms with van der Waals surface area (Å²) in [5.74, 6) is 0.651. The van der Waals surface area contributed by atoms with E-state index < -0.39 is 0 Å². The number of amides is 2. The first kappa shape index (κ1) is 19.9. The van der Waals surface area contributed by atoms with E-state index in [1.165, 1.54) is 7.11 Å². The van der Waals surface area contributed by atoms with Crippen LogP contribution in [0.5, 0.6) is 11.5 Å². The van der Waals surface area contributed by atoms with E-state index in [1.54, 1.807) is 68.3 Å². The number of hydrogen-bond acceptors (Lipinski definition) is 5. The fraction of sp³-hybridized carbons (Fsp3) is 0.190. The summed E-state index contributed by atoms with van der Waals surface area (Å²) in [5, 5.41) is 5.62. The van der Waals surface area contributed by atoms with Gasteiger partial charge in [0.25, 0.3) is 5.91 Å². The van der Waals surface area contributed by atoms with Crippen molar-refractivity contribution in [3.63, 3.8) is 0 Å². The first-order valence-corrected chi connectivity index (χ1v) is 8.98. The summed E-state index contributed by atoms with van der Waals surface area (Å²) in [6.07, 6.45) is 5.42. The lowest BCUT2D eigenvalue weighted by atomic mass is 10.1. The van der Waals surface area contributed by atoms with Crippen LogP contribution < -0.4 is 20.1 Å². The van der Waals surface area contributed by atoms with Gasteiger partial charge in [-0.25, -0.2) is 4.98 Å². The molecule has 0 aliphatic heterocycles. The molecule has 8 heteroatoms. The SMILES string of the molecule is COc1ccc(NC(=O)c2cccc(NC(=O)CCn3ccnc3)c2)c(OC)c1. The topological polar surface area (TPSA) is 94.5 Å². The number of imidazole rings is 1. The van der Waals surface area contributed by atoms with Crippen molar-refractivity contribution in [1.29, 1.82) is 0 Å². The number of carbonyl (C=O) groups excluding carboxylic acids is 2. The third-order valence-electron chi connectivity index (χ3n) is 4.22. The minimum Gasteiger partial charge on any atom is -0.497 e. The van der Waals surface area contributed by atoms with Crippen molar-refractivity contribution in [2.24, 2.45) is 0 Å². The number of benzene rings is 2. The molecule has 3 rings (SSSR count). The fourth-order valence-electron chi connectivity index (χ4n) is 2.71. The zero-order valence-corrected chi connectivity index (χ0v) is 16.2. The molecule has 0 fully saturated rings. The van der Waals surface area contributed by atoms with E-state index in [2.05, 4.69) is 15.6 Å². The minimum atomic E-state index is -0.317. The number of ether oxygens (including phenoxy) is 2. The van der Waals surface area contributed by atoms with Crippen LogP contribution in [0.25, 0.3) is 0 Å². The lowest BCUT2D eigenvalue weighted by Crippen LogP contribution is -2.16. The van der Waals surface area contributed by atoms with Crippen LogP contribution in [0.4, 0.5) is 11.4 Å². The Kier molecular flexibility index (Phi) is 6.47. The van der Waals surface area contributed by atoms with Crippen LogP contribution in [0, 0.1) is 0 Å². The van der Waals surface area contributed by atoms with Crippen molar-refractivity contribution >= 4 is 23.2 Å². The third-order valence-corrected chi connectivity index (χ3v) is 4.22. The van der Waals surface area contributed by atoms with Gasteiger partial charge < -0.3 is 24.7 Å². The summed E-state index contributed by atoms with van der Waals surface area (Å²) < 4.78 is 12.3. The normalized spacial score (nSPS) is 10.3. The lowest BCUT2D eigenvalue weighted by molar-refractivity contribution is -0.116. The molecular weight excluding hydrogens is 372 g/mol. The van der Waals surface area contributed by atoms with Crippen LogP contribution in [0.15, 0.2) is 61.2 Å². The predicted octanol–water partition coefficient (Wildman–Crippen LogP) is 3.18. The second-order valence-corrected chi connectivity index (χ2v) is 6.20. The molecule has 2 aromatic carbocycles. The van der Waals surface area contributed by atoms with E-state index in [9.17, 15) is 9.59 Å². The molecule has 3 aromatic rings. The standard InChI is InChI=1S/C21H22N4O4/c1-28-17-6-7-18(19(13-17)29-2)24-21(27)15-4-3-5-16(12-15)23-20(26)8-10-25-11-9-22-14-25/h3-7,9,11-14H,8,10H2,1-2H3,(H,23,26)(H,24,27). The average Bonchev–Trinajstić information content (AvgIpc) is 3.26. The fourth-order valence-corrected chi connectivity index (χ4v) is 2.71. The molecule has 1 aromatic heterocycles. The molecular formula is C21H22N4O4. The maximum atomic E-state index is 12.6. The molecule has 0 atom stereocenters. The Morgan fingerprint density at radius 1 is 1.07 bits per heavy atom. The summed E-state index contributed by atoms with van der Waals surface area (Å²) >= 11 is 0. The van der Waals surface area contributed by atoms with Crippen LogP contribution in [0.3, 0.4) is 0 Å². The van der Waals surface area contributed by atoms with E-state index >= 15 is 0 Å². The van der Waals surface area contributed by atoms with Gasteiger partial charge in [-0.3, -0.25) is 9.59 Å². The smallest absolute Gasteiger partial charge is 0.255 e. The zero-order chi connectivity index (χ0) is 20.6. The van der Waals surface area contributed by atoms with Crippen LogP contribution in [0.2, 0.25) is 0 Å². The first-order chi connectivity index (χ1) is 14.1. The van der Waals surface area contributed by atoms with Gasteiger partial charge in [0.1, 0.15) is 11.5 Å². The Labute approximate surface area is 168 Å². The first-order valence-electron chi connectivity index (χ1n) is 8.98. The highest BCUT2D eigenvalue weighted by Gasteiger charge is 2.12. The van der Waals surface area contributed by atoms with Gasteiger partial charge in [-0.2, -0.15) is 0 Å². The van der Waals surface area contributed by atoms with Gasteiger partial charge in [0, 0.05) is 42.7 Å². The number of nitrogens with one attached hydrogen (secondary N) is 2. The average molecular weight is 394 g/mol. The number of carbonyl (C=O) groups is 2. The molecule has 0 spiro atoms. The maximum absolute atomic E-state index is 12.6. The van der Waals surface area contributed by atoms with Crippen LogP contribution in [-0.4, -0.2) is 35.6 Å². The molecule has 2 amide bonds. The number of anilines is 2. The molecule has 0 aliphatic carbocycles. The number of nitrogens with zero attached hydrogens (tertiary/aromatic N) is 2. The summed E-state index contributed by atoms with van der Waals surface area (Å²) in [5.41, 5.74) is 1.48. The van der Waals surface area contributed by atoms with Crippen LogP contribution in [0.1, 0.15) is 16.8 Å². The number of rotatable bonds is 8. The predicted molar refractivity (Wildman–Crippen MR) is 109 cm³/mol. The minimum absolute atomic E-state index is 0.145. The molecule has 0 unspecified atom stereocenters. The van der Waals surface area contributed by atoms with Gasteiger partial charge in [-0.1, -0.05) is 6.07 Å². The molecule has 29 heavy (non-hydrogen) atoms. The number of aromatic nitrogens is 2. The number of aryl methyl sites for hydroxylation is 1. The molecule has 1 heterocycles. The Balaban J connectivity index is 1.64. The van der Waals surface area contributed by atoms with E-state index in [1.807, 2.05) is 4.57 Å². The van der Waals surface area contributed by atoms with E-state index in [-0.39, 0.29) is 11.8 Å². The van der Waals surface area contributed by atoms with Crippen molar-refractivity contribution < 1.29 is 19.1 Å². The monoisotopic (exact) mass is 394 g/mol. The van der Waals surface area contributed by atoms with Crippen molar-refractivity contribution in [3.8, 4) is 11.5 Å². The Morgan fingerprint density at radius 3 is 2.66 bits per heavy atom. The largest absolute Gasteiger partial charge is 0.497 e.